The molecule has 0 aliphatic carbocycles. The number of piperidine rings is 3. The molecule has 1 aromatic heterocycles. The second kappa shape index (κ2) is 5.70. The lowest BCUT2D eigenvalue weighted by atomic mass is 9.75. The van der Waals surface area contributed by atoms with Gasteiger partial charge in [-0.2, -0.15) is 0 Å². The van der Waals surface area contributed by atoms with E-state index in [1.807, 2.05) is 11.6 Å². The molecule has 0 radical (unpaired) electrons. The Morgan fingerprint density at radius 3 is 2.83 bits per heavy atom. The molecule has 2 bridgehead atoms. The van der Waals surface area contributed by atoms with Gasteiger partial charge in [-0.05, 0) is 49.5 Å². The van der Waals surface area contributed by atoms with Gasteiger partial charge in [-0.1, -0.05) is 23.5 Å². The van der Waals surface area contributed by atoms with Gasteiger partial charge in [0.15, 0.2) is 0 Å². The second-order valence-corrected chi connectivity index (χ2v) is 7.92. The maximum absolute atomic E-state index is 5.46. The molecule has 4 aliphatic rings. The van der Waals surface area contributed by atoms with Crippen LogP contribution >= 0.6 is 11.3 Å². The summed E-state index contributed by atoms with van der Waals surface area (Å²) in [6.45, 7) is 3.53. The predicted octanol–water partition coefficient (Wildman–Crippen LogP) is 2.61. The highest BCUT2D eigenvalue weighted by atomic mass is 32.1. The molecule has 0 N–H and O–H groups in total. The first-order valence-corrected chi connectivity index (χ1v) is 9.64. The number of anilines is 1. The lowest BCUT2D eigenvalue weighted by Crippen LogP contribution is -2.60. The molecule has 0 spiro atoms. The molecule has 126 valence electrons. The molecule has 4 saturated heterocycles. The van der Waals surface area contributed by atoms with E-state index in [1.165, 1.54) is 31.5 Å². The van der Waals surface area contributed by atoms with Crippen LogP contribution in [0.3, 0.4) is 0 Å². The van der Waals surface area contributed by atoms with Crippen LogP contribution in [0, 0.1) is 5.92 Å². The monoisotopic (exact) mass is 342 g/mol. The van der Waals surface area contributed by atoms with Crippen LogP contribution < -0.4 is 9.64 Å². The minimum atomic E-state index is 0.511. The molecular formula is C18H22N4OS. The van der Waals surface area contributed by atoms with E-state index < -0.39 is 0 Å². The third-order valence-corrected chi connectivity index (χ3v) is 6.84. The molecule has 5 nitrogen and oxygen atoms in total. The van der Waals surface area contributed by atoms with Crippen molar-refractivity contribution in [2.45, 2.75) is 30.8 Å². The summed E-state index contributed by atoms with van der Waals surface area (Å²) in [5, 5.41) is 9.56. The van der Waals surface area contributed by atoms with E-state index >= 15 is 0 Å². The number of hydrogen-bond donors (Lipinski definition) is 0. The van der Waals surface area contributed by atoms with Crippen molar-refractivity contribution in [2.24, 2.45) is 5.92 Å². The number of nitrogens with zero attached hydrogens (tertiary/aromatic N) is 4. The number of hydrogen-bond acceptors (Lipinski definition) is 6. The highest BCUT2D eigenvalue weighted by molar-refractivity contribution is 7.13. The van der Waals surface area contributed by atoms with Crippen molar-refractivity contribution in [3.63, 3.8) is 0 Å². The highest BCUT2D eigenvalue weighted by Gasteiger charge is 2.54. The number of aromatic nitrogens is 2. The summed E-state index contributed by atoms with van der Waals surface area (Å²) in [6.07, 6.45) is 2.64. The van der Waals surface area contributed by atoms with Crippen LogP contribution in [-0.2, 0) is 0 Å². The van der Waals surface area contributed by atoms with Gasteiger partial charge in [0.2, 0.25) is 5.13 Å². The molecule has 6 heteroatoms. The normalized spacial score (nSPS) is 34.4. The molecule has 0 saturated carbocycles. The minimum Gasteiger partial charge on any atom is -0.497 e. The molecule has 6 rings (SSSR count). The summed E-state index contributed by atoms with van der Waals surface area (Å²) in [4.78, 5) is 5.26. The molecule has 3 atom stereocenters. The summed E-state index contributed by atoms with van der Waals surface area (Å²) < 4.78 is 5.46. The molecule has 24 heavy (non-hydrogen) atoms. The topological polar surface area (TPSA) is 41.5 Å². The standard InChI is InChI=1S/C18H22N4OS/c1-23-14-4-2-3-13(9-14)15-10-22(18-20-19-11-24-18)16-12-5-7-21(8-6-12)17(15)16/h2-4,9,11-12,15-17H,5-8,10H2,1H3/t15-,16+,17+/m0/s1. The maximum atomic E-state index is 5.46. The zero-order valence-corrected chi connectivity index (χ0v) is 14.7. The SMILES string of the molecule is COc1cccc([C@@H]2CN(c3nncs3)[C@@H]3C4CCN(CC4)[C@@H]32)c1. The number of benzene rings is 1. The van der Waals surface area contributed by atoms with Crippen molar-refractivity contribution in [3.05, 3.63) is 35.3 Å². The van der Waals surface area contributed by atoms with E-state index in [0.717, 1.165) is 23.3 Å². The van der Waals surface area contributed by atoms with Gasteiger partial charge in [0.25, 0.3) is 0 Å². The molecule has 0 amide bonds. The average Bonchev–Trinajstić information content (AvgIpc) is 3.31. The molecule has 4 aliphatic heterocycles. The van der Waals surface area contributed by atoms with E-state index in [9.17, 15) is 0 Å². The van der Waals surface area contributed by atoms with Crippen LogP contribution in [0.1, 0.15) is 24.3 Å². The van der Waals surface area contributed by atoms with Crippen molar-refractivity contribution in [1.82, 2.24) is 15.1 Å². The Bertz CT molecular complexity index is 714. The van der Waals surface area contributed by atoms with E-state index in [2.05, 4.69) is 38.2 Å². The van der Waals surface area contributed by atoms with Gasteiger partial charge in [0.1, 0.15) is 11.3 Å². The third-order valence-electron chi connectivity index (χ3n) is 6.11. The number of rotatable bonds is 3. The number of fused-ring (bicyclic) bond motifs is 2. The fraction of sp³-hybridized carbons (Fsp3) is 0.556. The van der Waals surface area contributed by atoms with Crippen molar-refractivity contribution < 1.29 is 4.74 Å². The predicted molar refractivity (Wildman–Crippen MR) is 94.9 cm³/mol. The average molecular weight is 342 g/mol. The van der Waals surface area contributed by atoms with Crippen LogP contribution in [0.2, 0.25) is 0 Å². The van der Waals surface area contributed by atoms with Gasteiger partial charge in [0, 0.05) is 18.5 Å². The first-order valence-electron chi connectivity index (χ1n) is 8.76. The van der Waals surface area contributed by atoms with Crippen LogP contribution in [0.25, 0.3) is 0 Å². The van der Waals surface area contributed by atoms with Gasteiger partial charge in [-0.15, -0.1) is 10.2 Å². The van der Waals surface area contributed by atoms with Gasteiger partial charge >= 0.3 is 0 Å². The Morgan fingerprint density at radius 1 is 1.21 bits per heavy atom. The van der Waals surface area contributed by atoms with E-state index in [1.54, 1.807) is 18.4 Å². The van der Waals surface area contributed by atoms with Crippen LogP contribution in [0.5, 0.6) is 5.75 Å². The molecule has 4 fully saturated rings. The quantitative estimate of drug-likeness (QED) is 0.858. The Hall–Kier alpha value is -1.66. The Labute approximate surface area is 146 Å². The zero-order valence-electron chi connectivity index (χ0n) is 13.8. The van der Waals surface area contributed by atoms with Crippen molar-refractivity contribution in [2.75, 3.05) is 31.6 Å². The largest absolute Gasteiger partial charge is 0.497 e. The molecule has 1 aromatic carbocycles. The summed E-state index contributed by atoms with van der Waals surface area (Å²) in [6, 6.07) is 9.80. The van der Waals surface area contributed by atoms with Gasteiger partial charge < -0.3 is 9.64 Å². The fourth-order valence-electron chi connectivity index (χ4n) is 5.10. The lowest BCUT2D eigenvalue weighted by molar-refractivity contribution is 0.0355. The second-order valence-electron chi connectivity index (χ2n) is 7.11. The summed E-state index contributed by atoms with van der Waals surface area (Å²) in [5.74, 6) is 2.26. The molecular weight excluding hydrogens is 320 g/mol. The number of methoxy groups -OCH3 is 1. The van der Waals surface area contributed by atoms with Crippen LogP contribution in [0.4, 0.5) is 5.13 Å². The zero-order chi connectivity index (χ0) is 16.1. The Balaban J connectivity index is 1.55. The highest BCUT2D eigenvalue weighted by Crippen LogP contribution is 2.48. The Morgan fingerprint density at radius 2 is 2.08 bits per heavy atom. The molecule has 5 heterocycles. The van der Waals surface area contributed by atoms with Gasteiger partial charge in [-0.25, -0.2) is 0 Å². The summed E-state index contributed by atoms with van der Waals surface area (Å²) >= 11 is 1.67. The first-order chi connectivity index (χ1) is 11.8. The van der Waals surface area contributed by atoms with E-state index in [4.69, 9.17) is 4.74 Å². The third kappa shape index (κ3) is 2.16. The Kier molecular flexibility index (Phi) is 3.49. The lowest BCUT2D eigenvalue weighted by Gasteiger charge is -2.51. The minimum absolute atomic E-state index is 0.511. The van der Waals surface area contributed by atoms with E-state index in [-0.39, 0.29) is 0 Å². The summed E-state index contributed by atoms with van der Waals surface area (Å²) in [7, 11) is 1.75. The van der Waals surface area contributed by atoms with Crippen molar-refractivity contribution in [3.8, 4) is 5.75 Å². The van der Waals surface area contributed by atoms with Crippen molar-refractivity contribution >= 4 is 16.5 Å². The van der Waals surface area contributed by atoms with E-state index in [0.29, 0.717) is 18.0 Å². The van der Waals surface area contributed by atoms with Crippen LogP contribution in [-0.4, -0.2) is 53.9 Å². The van der Waals surface area contributed by atoms with Gasteiger partial charge in [-0.3, -0.25) is 4.90 Å². The van der Waals surface area contributed by atoms with Crippen LogP contribution in [0.15, 0.2) is 29.8 Å². The van der Waals surface area contributed by atoms with Crippen molar-refractivity contribution in [1.29, 1.82) is 0 Å². The molecule has 0 unspecified atom stereocenters. The smallest absolute Gasteiger partial charge is 0.208 e. The summed E-state index contributed by atoms with van der Waals surface area (Å²) in [5.41, 5.74) is 3.24. The fourth-order valence-corrected chi connectivity index (χ4v) is 5.71. The number of ether oxygens (including phenoxy) is 1. The van der Waals surface area contributed by atoms with Gasteiger partial charge in [0.05, 0.1) is 13.2 Å². The molecule has 2 aromatic rings. The maximum Gasteiger partial charge on any atom is 0.208 e. The first kappa shape index (κ1) is 14.7.